The highest BCUT2D eigenvalue weighted by atomic mass is 35.5. The molecule has 1 aliphatic heterocycles. The van der Waals surface area contributed by atoms with E-state index in [1.165, 1.54) is 13.0 Å². The molecule has 1 saturated heterocycles. The van der Waals surface area contributed by atoms with Gasteiger partial charge in [0, 0.05) is 24.2 Å². The van der Waals surface area contributed by atoms with E-state index in [9.17, 15) is 23.3 Å². The van der Waals surface area contributed by atoms with E-state index >= 15 is 0 Å². The number of benzene rings is 1. The first-order valence-electron chi connectivity index (χ1n) is 7.98. The summed E-state index contributed by atoms with van der Waals surface area (Å²) in [6.45, 7) is 1.66. The van der Waals surface area contributed by atoms with Crippen molar-refractivity contribution in [1.82, 2.24) is 9.62 Å². The first-order valence-corrected chi connectivity index (χ1v) is 9.80. The molecule has 1 aromatic carbocycles. The van der Waals surface area contributed by atoms with Crippen molar-refractivity contribution in [2.75, 3.05) is 6.54 Å². The van der Waals surface area contributed by atoms with Crippen LogP contribution in [-0.2, 0) is 14.8 Å². The van der Waals surface area contributed by atoms with Gasteiger partial charge in [0.05, 0.1) is 14.8 Å². The number of carbonyl (C=O) groups excluding carboxylic acids is 1. The van der Waals surface area contributed by atoms with E-state index in [4.69, 9.17) is 11.6 Å². The summed E-state index contributed by atoms with van der Waals surface area (Å²) < 4.78 is 27.0. The Kier molecular flexibility index (Phi) is 4.74. The summed E-state index contributed by atoms with van der Waals surface area (Å²) >= 11 is 5.99. The van der Waals surface area contributed by atoms with Crippen molar-refractivity contribution < 1.29 is 18.1 Å². The lowest BCUT2D eigenvalue weighted by molar-refractivity contribution is -0.385. The van der Waals surface area contributed by atoms with Gasteiger partial charge in [0.25, 0.3) is 5.69 Å². The smallest absolute Gasteiger partial charge is 0.275 e. The number of rotatable bonds is 5. The number of carbonyl (C=O) groups is 1. The van der Waals surface area contributed by atoms with Crippen LogP contribution in [0, 0.1) is 17.0 Å². The van der Waals surface area contributed by atoms with Crippen LogP contribution in [0.4, 0.5) is 5.69 Å². The summed E-state index contributed by atoms with van der Waals surface area (Å²) in [5.41, 5.74) is -0.153. The molecular formula is C15H18ClN3O5S. The highest BCUT2D eigenvalue weighted by molar-refractivity contribution is 7.89. The van der Waals surface area contributed by atoms with Gasteiger partial charge in [-0.05, 0) is 38.7 Å². The van der Waals surface area contributed by atoms with Gasteiger partial charge in [0.2, 0.25) is 15.9 Å². The molecule has 1 N–H and O–H groups in total. The van der Waals surface area contributed by atoms with Crippen molar-refractivity contribution in [2.45, 2.75) is 49.6 Å². The van der Waals surface area contributed by atoms with Gasteiger partial charge >= 0.3 is 0 Å². The Balaban J connectivity index is 1.95. The van der Waals surface area contributed by atoms with Crippen LogP contribution in [0.15, 0.2) is 17.0 Å². The van der Waals surface area contributed by atoms with Gasteiger partial charge in [-0.25, -0.2) is 8.42 Å². The molecule has 25 heavy (non-hydrogen) atoms. The molecule has 0 bridgehead atoms. The Hall–Kier alpha value is -1.71. The molecule has 0 radical (unpaired) electrons. The highest BCUT2D eigenvalue weighted by Gasteiger charge is 2.41. The van der Waals surface area contributed by atoms with Crippen molar-refractivity contribution in [1.29, 1.82) is 0 Å². The standard InChI is InChI=1S/C15H18ClN3O5S/c1-9-12(16)7-11(8-14(9)19(21)22)25(23,24)18-6-2-3-13(18)15(20)17-10-4-5-10/h7-8,10,13H,2-6H2,1H3,(H,17,20). The molecule has 8 nitrogen and oxygen atoms in total. The van der Waals surface area contributed by atoms with Crippen LogP contribution in [0.25, 0.3) is 0 Å². The fraction of sp³-hybridized carbons (Fsp3) is 0.533. The minimum absolute atomic E-state index is 0.00551. The topological polar surface area (TPSA) is 110 Å². The molecule has 0 spiro atoms. The van der Waals surface area contributed by atoms with Gasteiger partial charge in [-0.1, -0.05) is 11.6 Å². The van der Waals surface area contributed by atoms with Crippen molar-refractivity contribution in [3.63, 3.8) is 0 Å². The van der Waals surface area contributed by atoms with Crippen LogP contribution in [0.2, 0.25) is 5.02 Å². The molecular weight excluding hydrogens is 370 g/mol. The maximum atomic E-state index is 13.0. The van der Waals surface area contributed by atoms with Crippen molar-refractivity contribution in [3.05, 3.63) is 32.8 Å². The van der Waals surface area contributed by atoms with E-state index in [0.29, 0.717) is 12.8 Å². The van der Waals surface area contributed by atoms with Crippen LogP contribution in [-0.4, -0.2) is 42.2 Å². The number of halogens is 1. The zero-order valence-electron chi connectivity index (χ0n) is 13.6. The number of sulfonamides is 1. The molecule has 3 rings (SSSR count). The zero-order valence-corrected chi connectivity index (χ0v) is 15.1. The minimum Gasteiger partial charge on any atom is -0.352 e. The number of nitrogens with zero attached hydrogens (tertiary/aromatic N) is 2. The summed E-state index contributed by atoms with van der Waals surface area (Å²) in [6.07, 6.45) is 2.80. The SMILES string of the molecule is Cc1c(Cl)cc(S(=O)(=O)N2CCCC2C(=O)NC2CC2)cc1[N+](=O)[O-]. The molecule has 10 heteroatoms. The first-order chi connectivity index (χ1) is 11.7. The van der Waals surface area contributed by atoms with Gasteiger partial charge in [-0.15, -0.1) is 0 Å². The molecule has 1 atom stereocenters. The predicted octanol–water partition coefficient (Wildman–Crippen LogP) is 1.99. The Labute approximate surface area is 150 Å². The van der Waals surface area contributed by atoms with Crippen molar-refractivity contribution in [3.8, 4) is 0 Å². The normalized spacial score (nSPS) is 21.3. The molecule has 1 heterocycles. The van der Waals surface area contributed by atoms with E-state index in [0.717, 1.165) is 23.2 Å². The Morgan fingerprint density at radius 3 is 2.64 bits per heavy atom. The lowest BCUT2D eigenvalue weighted by Gasteiger charge is -2.23. The van der Waals surface area contributed by atoms with E-state index in [2.05, 4.69) is 5.32 Å². The third-order valence-corrected chi connectivity index (χ3v) is 6.80. The number of nitro benzene ring substituents is 1. The van der Waals surface area contributed by atoms with E-state index < -0.39 is 21.0 Å². The van der Waals surface area contributed by atoms with Gasteiger partial charge in [-0.3, -0.25) is 14.9 Å². The largest absolute Gasteiger partial charge is 0.352 e. The second-order valence-electron chi connectivity index (χ2n) is 6.36. The second-order valence-corrected chi connectivity index (χ2v) is 8.66. The summed E-state index contributed by atoms with van der Waals surface area (Å²) in [7, 11) is -4.06. The number of amides is 1. The van der Waals surface area contributed by atoms with Gasteiger partial charge in [0.15, 0.2) is 0 Å². The second kappa shape index (κ2) is 6.54. The summed E-state index contributed by atoms with van der Waals surface area (Å²) in [5.74, 6) is -0.309. The predicted molar refractivity (Wildman–Crippen MR) is 90.9 cm³/mol. The average Bonchev–Trinajstić information content (AvgIpc) is 3.20. The van der Waals surface area contributed by atoms with E-state index in [1.807, 2.05) is 0 Å². The molecule has 136 valence electrons. The minimum atomic E-state index is -4.06. The Morgan fingerprint density at radius 2 is 2.04 bits per heavy atom. The molecule has 1 amide bonds. The maximum absolute atomic E-state index is 13.0. The van der Waals surface area contributed by atoms with E-state index in [1.54, 1.807) is 0 Å². The lowest BCUT2D eigenvalue weighted by atomic mass is 10.2. The maximum Gasteiger partial charge on any atom is 0.275 e. The Bertz CT molecular complexity index is 838. The van der Waals surface area contributed by atoms with Crippen LogP contribution in [0.1, 0.15) is 31.2 Å². The van der Waals surface area contributed by atoms with Gasteiger partial charge < -0.3 is 5.32 Å². The fourth-order valence-electron chi connectivity index (χ4n) is 2.93. The van der Waals surface area contributed by atoms with Crippen LogP contribution in [0.3, 0.4) is 0 Å². The van der Waals surface area contributed by atoms with Crippen LogP contribution >= 0.6 is 11.6 Å². The van der Waals surface area contributed by atoms with Crippen molar-refractivity contribution in [2.24, 2.45) is 0 Å². The number of hydrogen-bond acceptors (Lipinski definition) is 5. The number of nitrogens with one attached hydrogen (secondary N) is 1. The molecule has 2 aliphatic rings. The molecule has 1 aromatic rings. The summed E-state index contributed by atoms with van der Waals surface area (Å²) in [6, 6.07) is 1.55. The van der Waals surface area contributed by atoms with Gasteiger partial charge in [-0.2, -0.15) is 4.31 Å². The summed E-state index contributed by atoms with van der Waals surface area (Å²) in [5, 5.41) is 14.0. The third-order valence-electron chi connectivity index (χ3n) is 4.52. The van der Waals surface area contributed by atoms with Crippen molar-refractivity contribution >= 4 is 33.2 Å². The first kappa shape index (κ1) is 18.1. The van der Waals surface area contributed by atoms with Crippen LogP contribution in [0.5, 0.6) is 0 Å². The number of hydrogen-bond donors (Lipinski definition) is 1. The zero-order chi connectivity index (χ0) is 18.4. The molecule has 2 fully saturated rings. The lowest BCUT2D eigenvalue weighted by Crippen LogP contribution is -2.46. The molecule has 1 aliphatic carbocycles. The van der Waals surface area contributed by atoms with Gasteiger partial charge in [0.1, 0.15) is 6.04 Å². The Morgan fingerprint density at radius 1 is 1.36 bits per heavy atom. The molecule has 1 saturated carbocycles. The number of nitro groups is 1. The quantitative estimate of drug-likeness (QED) is 0.613. The monoisotopic (exact) mass is 387 g/mol. The third kappa shape index (κ3) is 3.49. The summed E-state index contributed by atoms with van der Waals surface area (Å²) in [4.78, 5) is 22.6. The fourth-order valence-corrected chi connectivity index (χ4v) is 4.91. The van der Waals surface area contributed by atoms with Crippen LogP contribution < -0.4 is 5.32 Å². The molecule has 0 aromatic heterocycles. The van der Waals surface area contributed by atoms with E-state index in [-0.39, 0.29) is 39.7 Å². The highest BCUT2D eigenvalue weighted by Crippen LogP contribution is 2.33. The molecule has 1 unspecified atom stereocenters. The average molecular weight is 388 g/mol.